The quantitative estimate of drug-likeness (QED) is 0.507. The van der Waals surface area contributed by atoms with Crippen LogP contribution in [-0.4, -0.2) is 34.6 Å². The molecular weight excluding hydrogens is 448 g/mol. The Morgan fingerprint density at radius 2 is 1.66 bits per heavy atom. The number of hydrogen-bond donors (Lipinski definition) is 1. The Bertz CT molecular complexity index is 807. The van der Waals surface area contributed by atoms with Crippen LogP contribution in [0.25, 0.3) is 0 Å². The van der Waals surface area contributed by atoms with Crippen molar-refractivity contribution in [1.82, 2.24) is 10.2 Å². The summed E-state index contributed by atoms with van der Waals surface area (Å²) in [6.45, 7) is 8.10. The van der Waals surface area contributed by atoms with Crippen LogP contribution in [0, 0.1) is 6.92 Å². The van der Waals surface area contributed by atoms with Gasteiger partial charge in [-0.15, -0.1) is 11.8 Å². The number of carbonyl (C=O) groups is 2. The Kier molecular flexibility index (Phi) is 9.24. The highest BCUT2D eigenvalue weighted by Gasteiger charge is 2.26. The number of thioether (sulfide) groups is 1. The molecule has 0 spiro atoms. The maximum atomic E-state index is 13.0. The van der Waals surface area contributed by atoms with Crippen molar-refractivity contribution >= 4 is 39.5 Å². The van der Waals surface area contributed by atoms with Gasteiger partial charge in [0.2, 0.25) is 11.8 Å². The van der Waals surface area contributed by atoms with Gasteiger partial charge in [-0.25, -0.2) is 0 Å². The van der Waals surface area contributed by atoms with E-state index in [1.807, 2.05) is 38.1 Å². The minimum Gasteiger partial charge on any atom is -0.352 e. The van der Waals surface area contributed by atoms with E-state index in [1.54, 1.807) is 23.6 Å². The standard InChI is InChI=1S/C23H29BrN2O2S/c1-16(2)25-23(28)18(4)26(15-19-7-9-20(24)10-8-19)22(27)13-14-29-21-11-5-17(3)6-12-21/h5-12,16,18H,13-15H2,1-4H3,(H,25,28)/t18-/m0/s1. The van der Waals surface area contributed by atoms with E-state index in [1.165, 1.54) is 5.56 Å². The minimum atomic E-state index is -0.530. The summed E-state index contributed by atoms with van der Waals surface area (Å²) in [5.41, 5.74) is 2.22. The van der Waals surface area contributed by atoms with Crippen molar-refractivity contribution < 1.29 is 9.59 Å². The largest absolute Gasteiger partial charge is 0.352 e. The number of nitrogens with zero attached hydrogens (tertiary/aromatic N) is 1. The van der Waals surface area contributed by atoms with E-state index >= 15 is 0 Å². The molecule has 2 amide bonds. The van der Waals surface area contributed by atoms with Gasteiger partial charge in [-0.2, -0.15) is 0 Å². The van der Waals surface area contributed by atoms with Gasteiger partial charge in [0, 0.05) is 34.1 Å². The van der Waals surface area contributed by atoms with Crippen LogP contribution >= 0.6 is 27.7 Å². The molecule has 0 saturated carbocycles. The average Bonchev–Trinajstić information content (AvgIpc) is 2.68. The highest BCUT2D eigenvalue weighted by molar-refractivity contribution is 9.10. The SMILES string of the molecule is Cc1ccc(SCCC(=O)N(Cc2ccc(Br)cc2)[C@@H](C)C(=O)NC(C)C)cc1. The van der Waals surface area contributed by atoms with Crippen molar-refractivity contribution in [2.24, 2.45) is 0 Å². The third kappa shape index (κ3) is 7.86. The van der Waals surface area contributed by atoms with Crippen LogP contribution in [0.4, 0.5) is 0 Å². The normalized spacial score (nSPS) is 11.9. The molecule has 0 aliphatic rings. The first-order valence-corrected chi connectivity index (χ1v) is 11.6. The fourth-order valence-corrected chi connectivity index (χ4v) is 3.91. The van der Waals surface area contributed by atoms with Crippen LogP contribution in [-0.2, 0) is 16.1 Å². The molecule has 0 heterocycles. The van der Waals surface area contributed by atoms with Crippen molar-refractivity contribution in [3.63, 3.8) is 0 Å². The molecule has 0 aromatic heterocycles. The number of hydrogen-bond acceptors (Lipinski definition) is 3. The second-order valence-electron chi connectivity index (χ2n) is 7.40. The Balaban J connectivity index is 2.05. The molecular formula is C23H29BrN2O2S. The van der Waals surface area contributed by atoms with Crippen LogP contribution in [0.15, 0.2) is 57.9 Å². The topological polar surface area (TPSA) is 49.4 Å². The number of halogens is 1. The first kappa shape index (κ1) is 23.5. The summed E-state index contributed by atoms with van der Waals surface area (Å²) in [7, 11) is 0. The smallest absolute Gasteiger partial charge is 0.242 e. The fourth-order valence-electron chi connectivity index (χ4n) is 2.81. The minimum absolute atomic E-state index is 0.0149. The maximum absolute atomic E-state index is 13.0. The molecule has 0 saturated heterocycles. The summed E-state index contributed by atoms with van der Waals surface area (Å²) in [5.74, 6) is 0.535. The molecule has 0 radical (unpaired) electrons. The van der Waals surface area contributed by atoms with Crippen LogP contribution in [0.2, 0.25) is 0 Å². The molecule has 156 valence electrons. The van der Waals surface area contributed by atoms with Crippen LogP contribution in [0.1, 0.15) is 38.3 Å². The lowest BCUT2D eigenvalue weighted by molar-refractivity contribution is -0.140. The van der Waals surface area contributed by atoms with Gasteiger partial charge < -0.3 is 10.2 Å². The van der Waals surface area contributed by atoms with Gasteiger partial charge >= 0.3 is 0 Å². The zero-order valence-electron chi connectivity index (χ0n) is 17.4. The van der Waals surface area contributed by atoms with Gasteiger partial charge in [0.05, 0.1) is 0 Å². The molecule has 0 unspecified atom stereocenters. The monoisotopic (exact) mass is 476 g/mol. The maximum Gasteiger partial charge on any atom is 0.242 e. The Morgan fingerprint density at radius 3 is 2.24 bits per heavy atom. The van der Waals surface area contributed by atoms with E-state index < -0.39 is 6.04 Å². The van der Waals surface area contributed by atoms with Crippen LogP contribution in [0.3, 0.4) is 0 Å². The van der Waals surface area contributed by atoms with Crippen molar-refractivity contribution in [1.29, 1.82) is 0 Å². The van der Waals surface area contributed by atoms with Gasteiger partial charge in [0.1, 0.15) is 6.04 Å². The predicted molar refractivity (Wildman–Crippen MR) is 124 cm³/mol. The van der Waals surface area contributed by atoms with Crippen molar-refractivity contribution in [3.05, 3.63) is 64.1 Å². The van der Waals surface area contributed by atoms with Crippen LogP contribution in [0.5, 0.6) is 0 Å². The third-order valence-corrected chi connectivity index (χ3v) is 6.01. The zero-order valence-corrected chi connectivity index (χ0v) is 19.8. The molecule has 1 N–H and O–H groups in total. The highest BCUT2D eigenvalue weighted by atomic mass is 79.9. The first-order valence-electron chi connectivity index (χ1n) is 9.80. The van der Waals surface area contributed by atoms with Crippen molar-refractivity contribution in [2.75, 3.05) is 5.75 Å². The number of carbonyl (C=O) groups excluding carboxylic acids is 2. The van der Waals surface area contributed by atoms with E-state index in [4.69, 9.17) is 0 Å². The van der Waals surface area contributed by atoms with E-state index in [0.29, 0.717) is 18.7 Å². The van der Waals surface area contributed by atoms with E-state index in [2.05, 4.69) is 52.4 Å². The van der Waals surface area contributed by atoms with E-state index in [9.17, 15) is 9.59 Å². The molecule has 6 heteroatoms. The number of rotatable bonds is 9. The summed E-state index contributed by atoms with van der Waals surface area (Å²) in [6.07, 6.45) is 0.383. The van der Waals surface area contributed by atoms with Gasteiger partial charge in [0.25, 0.3) is 0 Å². The second kappa shape index (κ2) is 11.4. The Hall–Kier alpha value is -1.79. The Labute approximate surface area is 186 Å². The Morgan fingerprint density at radius 1 is 1.03 bits per heavy atom. The lowest BCUT2D eigenvalue weighted by Gasteiger charge is -2.29. The summed E-state index contributed by atoms with van der Waals surface area (Å²) in [6, 6.07) is 15.6. The summed E-state index contributed by atoms with van der Waals surface area (Å²) in [4.78, 5) is 28.4. The molecule has 2 aromatic rings. The lowest BCUT2D eigenvalue weighted by atomic mass is 10.1. The molecule has 0 bridgehead atoms. The van der Waals surface area contributed by atoms with Gasteiger partial charge in [-0.3, -0.25) is 9.59 Å². The number of amides is 2. The number of aryl methyl sites for hydroxylation is 1. The fraction of sp³-hybridized carbons (Fsp3) is 0.391. The molecule has 2 aromatic carbocycles. The van der Waals surface area contributed by atoms with E-state index in [0.717, 1.165) is 14.9 Å². The molecule has 0 aliphatic carbocycles. The predicted octanol–water partition coefficient (Wildman–Crippen LogP) is 5.18. The molecule has 1 atom stereocenters. The van der Waals surface area contributed by atoms with Gasteiger partial charge in [0.15, 0.2) is 0 Å². The summed E-state index contributed by atoms with van der Waals surface area (Å²) in [5, 5.41) is 2.91. The van der Waals surface area contributed by atoms with Gasteiger partial charge in [-0.05, 0) is 57.5 Å². The van der Waals surface area contributed by atoms with Crippen molar-refractivity contribution in [2.45, 2.75) is 57.6 Å². The number of benzene rings is 2. The molecule has 4 nitrogen and oxygen atoms in total. The molecule has 2 rings (SSSR count). The first-order chi connectivity index (χ1) is 13.8. The van der Waals surface area contributed by atoms with Crippen molar-refractivity contribution in [3.8, 4) is 0 Å². The second-order valence-corrected chi connectivity index (χ2v) is 9.48. The lowest BCUT2D eigenvalue weighted by Crippen LogP contribution is -2.49. The zero-order chi connectivity index (χ0) is 21.4. The third-order valence-electron chi connectivity index (χ3n) is 4.47. The molecule has 0 fully saturated rings. The molecule has 29 heavy (non-hydrogen) atoms. The van der Waals surface area contributed by atoms with E-state index in [-0.39, 0.29) is 17.9 Å². The molecule has 0 aliphatic heterocycles. The number of nitrogens with one attached hydrogen (secondary N) is 1. The summed E-state index contributed by atoms with van der Waals surface area (Å²) >= 11 is 5.09. The average molecular weight is 477 g/mol. The van der Waals surface area contributed by atoms with Gasteiger partial charge in [-0.1, -0.05) is 45.8 Å². The summed E-state index contributed by atoms with van der Waals surface area (Å²) < 4.78 is 0.985. The highest BCUT2D eigenvalue weighted by Crippen LogP contribution is 2.21. The van der Waals surface area contributed by atoms with Crippen LogP contribution < -0.4 is 5.32 Å².